The van der Waals surface area contributed by atoms with Gasteiger partial charge in [0.2, 0.25) is 0 Å². The van der Waals surface area contributed by atoms with Gasteiger partial charge in [-0.2, -0.15) is 0 Å². The number of carbonyl (C=O) groups excluding carboxylic acids is 1. The summed E-state index contributed by atoms with van der Waals surface area (Å²) in [6.07, 6.45) is 1.51. The maximum Gasteiger partial charge on any atom is 0.260 e. The second-order valence-electron chi connectivity index (χ2n) is 4.25. The van der Waals surface area contributed by atoms with Gasteiger partial charge >= 0.3 is 0 Å². The molecule has 0 saturated carbocycles. The molecule has 0 atom stereocenters. The maximum atomic E-state index is 13.9. The molecule has 4 nitrogen and oxygen atoms in total. The molecule has 19 heavy (non-hydrogen) atoms. The van der Waals surface area contributed by atoms with E-state index in [2.05, 4.69) is 0 Å². The van der Waals surface area contributed by atoms with Gasteiger partial charge in [-0.25, -0.2) is 4.39 Å². The van der Waals surface area contributed by atoms with Crippen molar-refractivity contribution in [2.75, 3.05) is 26.7 Å². The highest BCUT2D eigenvalue weighted by molar-refractivity contribution is 5.97. The van der Waals surface area contributed by atoms with E-state index in [-0.39, 0.29) is 17.2 Å². The summed E-state index contributed by atoms with van der Waals surface area (Å²) >= 11 is 0. The largest absolute Gasteiger partial charge is 0.496 e. The second kappa shape index (κ2) is 7.74. The van der Waals surface area contributed by atoms with Gasteiger partial charge in [-0.1, -0.05) is 13.0 Å². The molecule has 0 aliphatic rings. The molecule has 0 saturated heterocycles. The lowest BCUT2D eigenvalue weighted by Gasteiger charge is -2.23. The molecule has 0 radical (unpaired) electrons. The molecule has 2 N–H and O–H groups in total. The molecule has 1 aromatic carbocycles. The molecule has 0 aliphatic heterocycles. The summed E-state index contributed by atoms with van der Waals surface area (Å²) in [5.41, 5.74) is 5.46. The smallest absolute Gasteiger partial charge is 0.260 e. The van der Waals surface area contributed by atoms with E-state index >= 15 is 0 Å². The highest BCUT2D eigenvalue weighted by atomic mass is 19.1. The van der Waals surface area contributed by atoms with Gasteiger partial charge in [0.25, 0.3) is 5.91 Å². The molecular weight excluding hydrogens is 247 g/mol. The Balaban J connectivity index is 3.01. The van der Waals surface area contributed by atoms with Gasteiger partial charge in [-0.3, -0.25) is 4.79 Å². The van der Waals surface area contributed by atoms with Crippen molar-refractivity contribution in [3.05, 3.63) is 29.6 Å². The third kappa shape index (κ3) is 3.92. The summed E-state index contributed by atoms with van der Waals surface area (Å²) in [6.45, 7) is 3.58. The molecule has 0 fully saturated rings. The van der Waals surface area contributed by atoms with Crippen LogP contribution in [-0.4, -0.2) is 37.6 Å². The van der Waals surface area contributed by atoms with Crippen LogP contribution in [-0.2, 0) is 0 Å². The van der Waals surface area contributed by atoms with Crippen molar-refractivity contribution in [1.29, 1.82) is 0 Å². The van der Waals surface area contributed by atoms with Gasteiger partial charge in [-0.05, 0) is 31.5 Å². The number of nitrogens with zero attached hydrogens (tertiary/aromatic N) is 1. The number of hydrogen-bond donors (Lipinski definition) is 1. The van der Waals surface area contributed by atoms with Crippen molar-refractivity contribution < 1.29 is 13.9 Å². The summed E-state index contributed by atoms with van der Waals surface area (Å²) in [5, 5.41) is 0. The summed E-state index contributed by atoms with van der Waals surface area (Å²) in [7, 11) is 1.43. The Morgan fingerprint density at radius 1 is 1.42 bits per heavy atom. The lowest BCUT2D eigenvalue weighted by Crippen LogP contribution is -2.34. The van der Waals surface area contributed by atoms with E-state index in [1.54, 1.807) is 11.0 Å². The number of methoxy groups -OCH3 is 1. The minimum atomic E-state index is -0.557. The van der Waals surface area contributed by atoms with E-state index < -0.39 is 5.82 Å². The molecular formula is C14H21FN2O2. The van der Waals surface area contributed by atoms with Gasteiger partial charge in [0.1, 0.15) is 17.1 Å². The average molecular weight is 268 g/mol. The van der Waals surface area contributed by atoms with E-state index in [0.29, 0.717) is 26.1 Å². The van der Waals surface area contributed by atoms with Crippen molar-refractivity contribution in [2.45, 2.75) is 19.8 Å². The molecule has 0 aliphatic carbocycles. The lowest BCUT2D eigenvalue weighted by molar-refractivity contribution is 0.0746. The lowest BCUT2D eigenvalue weighted by atomic mass is 10.1. The van der Waals surface area contributed by atoms with Gasteiger partial charge in [0, 0.05) is 13.1 Å². The van der Waals surface area contributed by atoms with Crippen LogP contribution in [0.5, 0.6) is 5.75 Å². The molecule has 0 spiro atoms. The molecule has 0 heterocycles. The fraction of sp³-hybridized carbons (Fsp3) is 0.500. The van der Waals surface area contributed by atoms with E-state index in [0.717, 1.165) is 6.42 Å². The van der Waals surface area contributed by atoms with E-state index in [9.17, 15) is 9.18 Å². The quantitative estimate of drug-likeness (QED) is 0.823. The van der Waals surface area contributed by atoms with Crippen LogP contribution in [0.4, 0.5) is 4.39 Å². The van der Waals surface area contributed by atoms with Crippen molar-refractivity contribution in [3.63, 3.8) is 0 Å². The fourth-order valence-corrected chi connectivity index (χ4v) is 1.91. The maximum absolute atomic E-state index is 13.9. The zero-order chi connectivity index (χ0) is 14.3. The summed E-state index contributed by atoms with van der Waals surface area (Å²) in [4.78, 5) is 14.0. The van der Waals surface area contributed by atoms with Crippen LogP contribution in [0.3, 0.4) is 0 Å². The SMILES string of the molecule is CCCN(CCCN)C(=O)c1c(F)cccc1OC. The normalized spacial score (nSPS) is 10.3. The Hall–Kier alpha value is -1.62. The highest BCUT2D eigenvalue weighted by Crippen LogP contribution is 2.23. The van der Waals surface area contributed by atoms with Crippen LogP contribution in [0.1, 0.15) is 30.1 Å². The summed E-state index contributed by atoms with van der Waals surface area (Å²) in [6, 6.07) is 4.38. The monoisotopic (exact) mass is 268 g/mol. The second-order valence-corrected chi connectivity index (χ2v) is 4.25. The van der Waals surface area contributed by atoms with Gasteiger partial charge in [0.15, 0.2) is 0 Å². The Morgan fingerprint density at radius 3 is 2.74 bits per heavy atom. The molecule has 5 heteroatoms. The summed E-state index contributed by atoms with van der Waals surface area (Å²) in [5.74, 6) is -0.637. The first-order chi connectivity index (χ1) is 9.15. The molecule has 0 unspecified atom stereocenters. The Labute approximate surface area is 113 Å². The molecule has 1 rings (SSSR count). The summed E-state index contributed by atoms with van der Waals surface area (Å²) < 4.78 is 18.9. The minimum absolute atomic E-state index is 0.00419. The number of halogens is 1. The number of rotatable bonds is 7. The number of nitrogens with two attached hydrogens (primary N) is 1. The molecule has 106 valence electrons. The van der Waals surface area contributed by atoms with E-state index in [1.165, 1.54) is 19.2 Å². The zero-order valence-electron chi connectivity index (χ0n) is 11.5. The number of benzene rings is 1. The third-order valence-electron chi connectivity index (χ3n) is 2.82. The van der Waals surface area contributed by atoms with Gasteiger partial charge < -0.3 is 15.4 Å². The van der Waals surface area contributed by atoms with Crippen LogP contribution in [0.15, 0.2) is 18.2 Å². The fourth-order valence-electron chi connectivity index (χ4n) is 1.91. The molecule has 0 bridgehead atoms. The molecule has 0 aromatic heterocycles. The first-order valence-corrected chi connectivity index (χ1v) is 6.47. The minimum Gasteiger partial charge on any atom is -0.496 e. The number of hydrogen-bond acceptors (Lipinski definition) is 3. The van der Waals surface area contributed by atoms with Crippen LogP contribution in [0.2, 0.25) is 0 Å². The first-order valence-electron chi connectivity index (χ1n) is 6.47. The predicted molar refractivity (Wildman–Crippen MR) is 72.8 cm³/mol. The highest BCUT2D eigenvalue weighted by Gasteiger charge is 2.22. The van der Waals surface area contributed by atoms with Crippen molar-refractivity contribution in [2.24, 2.45) is 5.73 Å². The van der Waals surface area contributed by atoms with Crippen LogP contribution in [0, 0.1) is 5.82 Å². The van der Waals surface area contributed by atoms with Crippen molar-refractivity contribution >= 4 is 5.91 Å². The van der Waals surface area contributed by atoms with Gasteiger partial charge in [-0.15, -0.1) is 0 Å². The number of ether oxygens (including phenoxy) is 1. The Kier molecular flexibility index (Phi) is 6.29. The van der Waals surface area contributed by atoms with Crippen molar-refractivity contribution in [3.8, 4) is 5.75 Å². The topological polar surface area (TPSA) is 55.6 Å². The number of carbonyl (C=O) groups is 1. The zero-order valence-corrected chi connectivity index (χ0v) is 11.5. The predicted octanol–water partition coefficient (Wildman–Crippen LogP) is 2.04. The van der Waals surface area contributed by atoms with E-state index in [4.69, 9.17) is 10.5 Å². The standard InChI is InChI=1S/C14H21FN2O2/c1-3-9-17(10-5-8-16)14(18)13-11(15)6-4-7-12(13)19-2/h4,6-7H,3,5,8-10,16H2,1-2H3. The van der Waals surface area contributed by atoms with Crippen LogP contribution in [0.25, 0.3) is 0 Å². The molecule has 1 aromatic rings. The van der Waals surface area contributed by atoms with E-state index in [1.807, 2.05) is 6.92 Å². The number of amides is 1. The molecule has 1 amide bonds. The van der Waals surface area contributed by atoms with Crippen LogP contribution < -0.4 is 10.5 Å². The first kappa shape index (κ1) is 15.4. The van der Waals surface area contributed by atoms with Gasteiger partial charge in [0.05, 0.1) is 7.11 Å². The average Bonchev–Trinajstić information content (AvgIpc) is 2.42. The van der Waals surface area contributed by atoms with Crippen molar-refractivity contribution in [1.82, 2.24) is 4.90 Å². The Bertz CT molecular complexity index is 424. The third-order valence-corrected chi connectivity index (χ3v) is 2.82. The Morgan fingerprint density at radius 2 is 2.16 bits per heavy atom. The van der Waals surface area contributed by atoms with Crippen LogP contribution >= 0.6 is 0 Å².